The van der Waals surface area contributed by atoms with E-state index in [4.69, 9.17) is 39.5 Å². The van der Waals surface area contributed by atoms with E-state index >= 15 is 0 Å². The minimum atomic E-state index is -1.12. The number of nitrogens with zero attached hydrogens (tertiary/aromatic N) is 2. The van der Waals surface area contributed by atoms with Gasteiger partial charge in [-0.2, -0.15) is 0 Å². The monoisotopic (exact) mass is 460 g/mol. The van der Waals surface area contributed by atoms with Crippen LogP contribution >= 0.6 is 34.8 Å². The lowest BCUT2D eigenvalue weighted by molar-refractivity contribution is -0.384. The number of nitro groups is 1. The zero-order valence-electron chi connectivity index (χ0n) is 15.4. The van der Waals surface area contributed by atoms with E-state index in [9.17, 15) is 19.7 Å². The number of rotatable bonds is 6. The molecule has 0 aromatic heterocycles. The maximum Gasteiger partial charge on any atom is 0.328 e. The van der Waals surface area contributed by atoms with Gasteiger partial charge in [0.1, 0.15) is 17.5 Å². The Morgan fingerprint density at radius 2 is 1.72 bits per heavy atom. The molecule has 29 heavy (non-hydrogen) atoms. The van der Waals surface area contributed by atoms with Crippen molar-refractivity contribution in [3.8, 4) is 11.5 Å². The molecule has 8 nitrogen and oxygen atoms in total. The summed E-state index contributed by atoms with van der Waals surface area (Å²) in [5.74, 6) is -1.18. The lowest BCUT2D eigenvalue weighted by atomic mass is 10.1. The average Bonchev–Trinajstić information content (AvgIpc) is 2.63. The molecule has 0 fully saturated rings. The van der Waals surface area contributed by atoms with Crippen LogP contribution in [0.4, 0.5) is 11.4 Å². The first kappa shape index (κ1) is 22.7. The number of methoxy groups -OCH3 is 1. The largest absolute Gasteiger partial charge is 0.467 e. The molecule has 2 aromatic carbocycles. The molecule has 1 amide bonds. The highest BCUT2D eigenvalue weighted by Gasteiger charge is 2.31. The van der Waals surface area contributed by atoms with Crippen molar-refractivity contribution in [3.05, 3.63) is 55.5 Å². The normalized spacial score (nSPS) is 11.5. The number of carbonyl (C=O) groups is 2. The summed E-state index contributed by atoms with van der Waals surface area (Å²) in [6.45, 7) is 2.56. The van der Waals surface area contributed by atoms with Gasteiger partial charge in [0.2, 0.25) is 5.91 Å². The maximum atomic E-state index is 12.2. The van der Waals surface area contributed by atoms with Crippen LogP contribution in [-0.2, 0) is 14.3 Å². The maximum absolute atomic E-state index is 12.2. The van der Waals surface area contributed by atoms with Crippen molar-refractivity contribution < 1.29 is 24.0 Å². The van der Waals surface area contributed by atoms with Gasteiger partial charge in [0, 0.05) is 24.1 Å². The number of nitro benzene ring substituents is 1. The summed E-state index contributed by atoms with van der Waals surface area (Å²) in [5, 5.41) is 12.0. The fourth-order valence-electron chi connectivity index (χ4n) is 2.59. The first-order chi connectivity index (χ1) is 13.6. The predicted molar refractivity (Wildman–Crippen MR) is 109 cm³/mol. The zero-order chi connectivity index (χ0) is 21.9. The minimum absolute atomic E-state index is 0.0768. The Bertz CT molecular complexity index is 959. The number of benzene rings is 2. The standard InChI is InChI=1S/C18H15Cl3N2O6/c1-9(18(25)28-3)22(10(2)24)16-8-12(4-5-15(16)23(26)27)29-17-13(20)6-11(19)7-14(17)21/h4-9H,1-3H3. The number of carbonyl (C=O) groups excluding carboxylic acids is 2. The minimum Gasteiger partial charge on any atom is -0.467 e. The summed E-state index contributed by atoms with van der Waals surface area (Å²) < 4.78 is 10.3. The fraction of sp³-hybridized carbons (Fsp3) is 0.222. The Labute approximate surface area is 181 Å². The Kier molecular flexibility index (Phi) is 7.29. The molecular weight excluding hydrogens is 447 g/mol. The van der Waals surface area contributed by atoms with E-state index in [-0.39, 0.29) is 27.2 Å². The van der Waals surface area contributed by atoms with Crippen molar-refractivity contribution >= 4 is 58.1 Å². The van der Waals surface area contributed by atoms with E-state index in [1.54, 1.807) is 0 Å². The van der Waals surface area contributed by atoms with Crippen LogP contribution in [0.3, 0.4) is 0 Å². The van der Waals surface area contributed by atoms with Gasteiger partial charge >= 0.3 is 5.97 Å². The molecule has 2 aromatic rings. The summed E-state index contributed by atoms with van der Waals surface area (Å²) in [6, 6.07) is 5.40. The summed E-state index contributed by atoms with van der Waals surface area (Å²) in [7, 11) is 1.15. The first-order valence-corrected chi connectivity index (χ1v) is 9.18. The predicted octanol–water partition coefficient (Wildman–Crippen LogP) is 5.26. The van der Waals surface area contributed by atoms with Gasteiger partial charge in [-0.05, 0) is 25.1 Å². The second-order valence-electron chi connectivity index (χ2n) is 5.80. The lowest BCUT2D eigenvalue weighted by Gasteiger charge is -2.26. The third-order valence-corrected chi connectivity index (χ3v) is 4.63. The SMILES string of the molecule is COC(=O)C(C)N(C(C)=O)c1cc(Oc2c(Cl)cc(Cl)cc2Cl)ccc1[N+](=O)[O-]. The second kappa shape index (κ2) is 9.30. The first-order valence-electron chi connectivity index (χ1n) is 8.05. The van der Waals surface area contributed by atoms with Crippen LogP contribution in [0.1, 0.15) is 13.8 Å². The fourth-order valence-corrected chi connectivity index (χ4v) is 3.48. The third-order valence-electron chi connectivity index (χ3n) is 3.85. The zero-order valence-corrected chi connectivity index (χ0v) is 17.7. The van der Waals surface area contributed by atoms with E-state index in [1.165, 1.54) is 38.1 Å². The highest BCUT2D eigenvalue weighted by atomic mass is 35.5. The number of halogens is 3. The van der Waals surface area contributed by atoms with Crippen molar-refractivity contribution in [1.82, 2.24) is 0 Å². The van der Waals surface area contributed by atoms with Gasteiger partial charge < -0.3 is 9.47 Å². The number of anilines is 1. The molecule has 0 saturated heterocycles. The molecule has 154 valence electrons. The Hall–Kier alpha value is -2.55. The molecule has 11 heteroatoms. The van der Waals surface area contributed by atoms with Crippen molar-refractivity contribution in [2.75, 3.05) is 12.0 Å². The molecule has 0 N–H and O–H groups in total. The van der Waals surface area contributed by atoms with Crippen molar-refractivity contribution in [3.63, 3.8) is 0 Å². The van der Waals surface area contributed by atoms with Crippen LogP contribution in [0.15, 0.2) is 30.3 Å². The van der Waals surface area contributed by atoms with Gasteiger partial charge in [-0.1, -0.05) is 34.8 Å². The molecule has 0 bridgehead atoms. The van der Waals surface area contributed by atoms with E-state index in [0.717, 1.165) is 18.1 Å². The number of esters is 1. The van der Waals surface area contributed by atoms with E-state index < -0.39 is 28.5 Å². The Morgan fingerprint density at radius 1 is 1.14 bits per heavy atom. The summed E-state index contributed by atoms with van der Waals surface area (Å²) in [4.78, 5) is 35.9. The highest BCUT2D eigenvalue weighted by molar-refractivity contribution is 6.40. The lowest BCUT2D eigenvalue weighted by Crippen LogP contribution is -2.43. The topological polar surface area (TPSA) is 99.0 Å². The average molecular weight is 462 g/mol. The van der Waals surface area contributed by atoms with Gasteiger partial charge in [-0.3, -0.25) is 19.8 Å². The Morgan fingerprint density at radius 3 is 2.21 bits per heavy atom. The summed E-state index contributed by atoms with van der Waals surface area (Å²) >= 11 is 18.1. The molecule has 0 aliphatic carbocycles. The highest BCUT2D eigenvalue weighted by Crippen LogP contribution is 2.41. The summed E-state index contributed by atoms with van der Waals surface area (Å²) in [5.41, 5.74) is -0.560. The van der Waals surface area contributed by atoms with Crippen LogP contribution in [0.25, 0.3) is 0 Å². The van der Waals surface area contributed by atoms with Crippen LogP contribution in [0.2, 0.25) is 15.1 Å². The number of hydrogen-bond donors (Lipinski definition) is 0. The van der Waals surface area contributed by atoms with Gasteiger partial charge in [-0.15, -0.1) is 0 Å². The third kappa shape index (κ3) is 5.09. The molecule has 2 rings (SSSR count). The molecular formula is C18H15Cl3N2O6. The van der Waals surface area contributed by atoms with Crippen LogP contribution < -0.4 is 9.64 Å². The smallest absolute Gasteiger partial charge is 0.328 e. The van der Waals surface area contributed by atoms with Crippen LogP contribution in [-0.4, -0.2) is 30.0 Å². The molecule has 0 aliphatic heterocycles. The number of ether oxygens (including phenoxy) is 2. The Balaban J connectivity index is 2.58. The van der Waals surface area contributed by atoms with E-state index in [0.29, 0.717) is 5.02 Å². The molecule has 1 unspecified atom stereocenters. The molecule has 0 heterocycles. The van der Waals surface area contributed by atoms with Crippen molar-refractivity contribution in [1.29, 1.82) is 0 Å². The molecule has 0 radical (unpaired) electrons. The van der Waals surface area contributed by atoms with Gasteiger partial charge in [0.05, 0.1) is 22.1 Å². The van der Waals surface area contributed by atoms with Crippen molar-refractivity contribution in [2.45, 2.75) is 19.9 Å². The van der Waals surface area contributed by atoms with Gasteiger partial charge in [0.15, 0.2) is 5.75 Å². The molecule has 0 aliphatic rings. The van der Waals surface area contributed by atoms with Crippen molar-refractivity contribution in [2.24, 2.45) is 0 Å². The van der Waals surface area contributed by atoms with E-state index in [1.807, 2.05) is 0 Å². The van der Waals surface area contributed by atoms with E-state index in [2.05, 4.69) is 4.74 Å². The summed E-state index contributed by atoms with van der Waals surface area (Å²) in [6.07, 6.45) is 0. The van der Waals surface area contributed by atoms with Crippen LogP contribution in [0.5, 0.6) is 11.5 Å². The van der Waals surface area contributed by atoms with Crippen LogP contribution in [0, 0.1) is 10.1 Å². The number of amides is 1. The van der Waals surface area contributed by atoms with Gasteiger partial charge in [-0.25, -0.2) is 4.79 Å². The molecule has 1 atom stereocenters. The van der Waals surface area contributed by atoms with Gasteiger partial charge in [0.25, 0.3) is 5.69 Å². The second-order valence-corrected chi connectivity index (χ2v) is 7.05. The molecule has 0 spiro atoms. The number of hydrogen-bond acceptors (Lipinski definition) is 6. The molecule has 0 saturated carbocycles. The quantitative estimate of drug-likeness (QED) is 0.330.